The second-order valence-electron chi connectivity index (χ2n) is 4.84. The van der Waals surface area contributed by atoms with Gasteiger partial charge in [-0.3, -0.25) is 9.98 Å². The van der Waals surface area contributed by atoms with Gasteiger partial charge in [0, 0.05) is 24.7 Å². The summed E-state index contributed by atoms with van der Waals surface area (Å²) in [5.74, 6) is 0.809. The molecular weight excluding hydrogens is 285 g/mol. The van der Waals surface area contributed by atoms with Crippen molar-refractivity contribution >= 4 is 16.9 Å². The van der Waals surface area contributed by atoms with Crippen LogP contribution in [0.1, 0.15) is 17.2 Å². The van der Waals surface area contributed by atoms with Crippen molar-refractivity contribution in [1.82, 2.24) is 10.3 Å². The number of hydrogen-bond acceptors (Lipinski definition) is 3. The minimum atomic E-state index is -0.223. The second-order valence-corrected chi connectivity index (χ2v) is 5.92. The quantitative estimate of drug-likeness (QED) is 0.942. The number of halogens is 1. The van der Waals surface area contributed by atoms with Crippen LogP contribution in [0.25, 0.3) is 0 Å². The van der Waals surface area contributed by atoms with Gasteiger partial charge in [-0.2, -0.15) is 0 Å². The van der Waals surface area contributed by atoms with Gasteiger partial charge in [0.2, 0.25) is 0 Å². The maximum atomic E-state index is 13.5. The van der Waals surface area contributed by atoms with Crippen molar-refractivity contribution in [3.63, 3.8) is 0 Å². The Morgan fingerprint density at radius 2 is 2.14 bits per heavy atom. The Kier molecular flexibility index (Phi) is 4.50. The lowest BCUT2D eigenvalue weighted by atomic mass is 10.00. The Labute approximate surface area is 127 Å². The lowest BCUT2D eigenvalue weighted by molar-refractivity contribution is 0.618. The number of hydrogen-bond donors (Lipinski definition) is 1. The molecule has 0 saturated carbocycles. The zero-order valence-corrected chi connectivity index (χ0v) is 12.3. The molecule has 1 unspecified atom stereocenters. The van der Waals surface area contributed by atoms with Crippen molar-refractivity contribution < 1.29 is 4.39 Å². The molecule has 1 aromatic carbocycles. The van der Waals surface area contributed by atoms with Crippen LogP contribution in [0.2, 0.25) is 0 Å². The highest BCUT2D eigenvalue weighted by molar-refractivity contribution is 8.14. The number of nitrogens with one attached hydrogen (secondary N) is 1. The molecule has 2 heterocycles. The zero-order valence-electron chi connectivity index (χ0n) is 11.5. The number of rotatable bonds is 4. The van der Waals surface area contributed by atoms with Gasteiger partial charge in [-0.1, -0.05) is 23.9 Å². The molecule has 0 bridgehead atoms. The molecule has 1 aromatic heterocycles. The number of thioether (sulfide) groups is 1. The maximum Gasteiger partial charge on any atom is 0.157 e. The molecule has 3 nitrogen and oxygen atoms in total. The summed E-state index contributed by atoms with van der Waals surface area (Å²) >= 11 is 1.71. The first-order chi connectivity index (χ1) is 10.3. The third kappa shape index (κ3) is 3.82. The fourth-order valence-corrected chi connectivity index (χ4v) is 3.08. The normalized spacial score (nSPS) is 17.7. The number of amidine groups is 1. The Morgan fingerprint density at radius 1 is 1.29 bits per heavy atom. The van der Waals surface area contributed by atoms with Crippen molar-refractivity contribution in [2.24, 2.45) is 4.99 Å². The van der Waals surface area contributed by atoms with Crippen molar-refractivity contribution in [3.8, 4) is 0 Å². The second kappa shape index (κ2) is 6.72. The molecule has 1 atom stereocenters. The van der Waals surface area contributed by atoms with Crippen LogP contribution >= 0.6 is 11.8 Å². The van der Waals surface area contributed by atoms with Gasteiger partial charge in [0.25, 0.3) is 0 Å². The molecule has 21 heavy (non-hydrogen) atoms. The summed E-state index contributed by atoms with van der Waals surface area (Å²) in [6, 6.07) is 10.6. The molecular formula is C16H16FN3S. The summed E-state index contributed by atoms with van der Waals surface area (Å²) < 4.78 is 13.5. The molecule has 0 amide bonds. The molecule has 0 radical (unpaired) electrons. The molecule has 1 saturated heterocycles. The van der Waals surface area contributed by atoms with Crippen LogP contribution < -0.4 is 5.32 Å². The highest BCUT2D eigenvalue weighted by Crippen LogP contribution is 2.25. The van der Waals surface area contributed by atoms with E-state index >= 15 is 0 Å². The summed E-state index contributed by atoms with van der Waals surface area (Å²) in [6.45, 7) is 0.939. The van der Waals surface area contributed by atoms with E-state index in [0.717, 1.165) is 35.0 Å². The highest BCUT2D eigenvalue weighted by atomic mass is 32.2. The van der Waals surface area contributed by atoms with Crippen molar-refractivity contribution in [2.45, 2.75) is 12.5 Å². The van der Waals surface area contributed by atoms with E-state index in [2.05, 4.69) is 10.3 Å². The molecule has 1 fully saturated rings. The summed E-state index contributed by atoms with van der Waals surface area (Å²) in [4.78, 5) is 8.79. The van der Waals surface area contributed by atoms with E-state index in [9.17, 15) is 4.39 Å². The van der Waals surface area contributed by atoms with Crippen LogP contribution in [-0.2, 0) is 6.42 Å². The molecule has 3 rings (SSSR count). The third-order valence-corrected chi connectivity index (χ3v) is 4.23. The number of aromatic nitrogens is 1. The number of nitrogens with zero attached hydrogens (tertiary/aromatic N) is 2. The van der Waals surface area contributed by atoms with E-state index in [-0.39, 0.29) is 11.9 Å². The first-order valence-corrected chi connectivity index (χ1v) is 7.88. The van der Waals surface area contributed by atoms with Gasteiger partial charge < -0.3 is 5.32 Å². The van der Waals surface area contributed by atoms with Gasteiger partial charge in [0.1, 0.15) is 5.82 Å². The number of benzene rings is 1. The topological polar surface area (TPSA) is 37.3 Å². The first-order valence-electron chi connectivity index (χ1n) is 6.90. The summed E-state index contributed by atoms with van der Waals surface area (Å²) in [5.41, 5.74) is 2.04. The monoisotopic (exact) mass is 301 g/mol. The van der Waals surface area contributed by atoms with Gasteiger partial charge in [0.15, 0.2) is 5.17 Å². The smallest absolute Gasteiger partial charge is 0.157 e. The van der Waals surface area contributed by atoms with E-state index in [1.54, 1.807) is 36.3 Å². The average molecular weight is 301 g/mol. The molecule has 2 aromatic rings. The first kappa shape index (κ1) is 14.1. The minimum Gasteiger partial charge on any atom is -0.364 e. The van der Waals surface area contributed by atoms with Crippen LogP contribution in [0.4, 0.5) is 4.39 Å². The van der Waals surface area contributed by atoms with Gasteiger partial charge in [-0.05, 0) is 41.8 Å². The van der Waals surface area contributed by atoms with Crippen molar-refractivity contribution in [3.05, 3.63) is 65.7 Å². The zero-order chi connectivity index (χ0) is 14.5. The van der Waals surface area contributed by atoms with E-state index in [4.69, 9.17) is 4.99 Å². The van der Waals surface area contributed by atoms with Crippen LogP contribution in [0.5, 0.6) is 0 Å². The van der Waals surface area contributed by atoms with Crippen LogP contribution in [0, 0.1) is 5.82 Å². The van der Waals surface area contributed by atoms with E-state index in [1.807, 2.05) is 18.2 Å². The summed E-state index contributed by atoms with van der Waals surface area (Å²) in [6.07, 6.45) is 4.28. The fourth-order valence-electron chi connectivity index (χ4n) is 2.28. The molecule has 1 N–H and O–H groups in total. The van der Waals surface area contributed by atoms with Crippen LogP contribution in [-0.4, -0.2) is 22.4 Å². The Bertz CT molecular complexity index is 622. The molecule has 0 aliphatic carbocycles. The standard InChI is InChI=1S/C16H16FN3S/c17-14-3-1-2-13(11-14)15(20-16-19-8-9-21-16)10-12-4-6-18-7-5-12/h1-7,11,15H,8-10H2,(H,19,20). The van der Waals surface area contributed by atoms with Gasteiger partial charge in [-0.15, -0.1) is 0 Å². The van der Waals surface area contributed by atoms with E-state index < -0.39 is 0 Å². The van der Waals surface area contributed by atoms with Crippen molar-refractivity contribution in [2.75, 3.05) is 12.3 Å². The Balaban J connectivity index is 1.88. The maximum absolute atomic E-state index is 13.5. The predicted octanol–water partition coefficient (Wildman–Crippen LogP) is 3.20. The largest absolute Gasteiger partial charge is 0.364 e. The van der Waals surface area contributed by atoms with Gasteiger partial charge in [0.05, 0.1) is 6.04 Å². The summed E-state index contributed by atoms with van der Waals surface area (Å²) in [7, 11) is 0. The third-order valence-electron chi connectivity index (χ3n) is 3.30. The van der Waals surface area contributed by atoms with Crippen molar-refractivity contribution in [1.29, 1.82) is 0 Å². The highest BCUT2D eigenvalue weighted by Gasteiger charge is 2.16. The average Bonchev–Trinajstić information content (AvgIpc) is 3.01. The molecule has 0 spiro atoms. The molecule has 108 valence electrons. The Morgan fingerprint density at radius 3 is 2.86 bits per heavy atom. The van der Waals surface area contributed by atoms with Gasteiger partial charge in [-0.25, -0.2) is 4.39 Å². The fraction of sp³-hybridized carbons (Fsp3) is 0.250. The predicted molar refractivity (Wildman–Crippen MR) is 85.0 cm³/mol. The van der Waals surface area contributed by atoms with Gasteiger partial charge >= 0.3 is 0 Å². The van der Waals surface area contributed by atoms with E-state index in [0.29, 0.717) is 0 Å². The number of pyridine rings is 1. The Hall–Kier alpha value is -1.88. The van der Waals surface area contributed by atoms with Crippen LogP contribution in [0.3, 0.4) is 0 Å². The number of aliphatic imine (C=N–C) groups is 1. The lowest BCUT2D eigenvalue weighted by Gasteiger charge is -2.14. The summed E-state index contributed by atoms with van der Waals surface area (Å²) in [5, 5.41) is 4.21. The molecule has 1 aliphatic heterocycles. The van der Waals surface area contributed by atoms with E-state index in [1.165, 1.54) is 6.07 Å². The lowest BCUT2D eigenvalue weighted by Crippen LogP contribution is -2.15. The minimum absolute atomic E-state index is 0.0869. The molecule has 5 heteroatoms. The van der Waals surface area contributed by atoms with Crippen LogP contribution in [0.15, 0.2) is 53.8 Å². The molecule has 1 aliphatic rings. The SMILES string of the molecule is Fc1cccc(C(Cc2ccncc2)/N=C2/NCCS2)c1.